The maximum absolute atomic E-state index is 12.5. The Morgan fingerprint density at radius 3 is 2.68 bits per heavy atom. The van der Waals surface area contributed by atoms with Gasteiger partial charge in [0.15, 0.2) is 5.82 Å². The molecule has 0 radical (unpaired) electrons. The van der Waals surface area contributed by atoms with Crippen LogP contribution in [0.25, 0.3) is 11.5 Å². The highest BCUT2D eigenvalue weighted by Crippen LogP contribution is 2.10. The van der Waals surface area contributed by atoms with Crippen LogP contribution in [-0.2, 0) is 6.54 Å². The van der Waals surface area contributed by atoms with E-state index in [2.05, 4.69) is 20.4 Å². The van der Waals surface area contributed by atoms with Crippen molar-refractivity contribution >= 4 is 11.6 Å². The highest BCUT2D eigenvalue weighted by Gasteiger charge is 2.13. The summed E-state index contributed by atoms with van der Waals surface area (Å²) in [5.74, 6) is 0.232. The van der Waals surface area contributed by atoms with Crippen molar-refractivity contribution in [3.8, 4) is 5.82 Å². The van der Waals surface area contributed by atoms with E-state index >= 15 is 0 Å². The van der Waals surface area contributed by atoms with Gasteiger partial charge in [0, 0.05) is 30.8 Å². The first-order valence-corrected chi connectivity index (χ1v) is 8.76. The zero-order valence-electron chi connectivity index (χ0n) is 15.5. The van der Waals surface area contributed by atoms with E-state index in [-0.39, 0.29) is 12.1 Å². The average Bonchev–Trinajstić information content (AvgIpc) is 3.05. The number of carbonyl (C=O) groups is 1. The highest BCUT2D eigenvalue weighted by atomic mass is 16.2. The van der Waals surface area contributed by atoms with Crippen molar-refractivity contribution in [2.45, 2.75) is 20.4 Å². The quantitative estimate of drug-likeness (QED) is 0.588. The average molecular weight is 374 g/mol. The smallest absolute Gasteiger partial charge is 0.270 e. The lowest BCUT2D eigenvalue weighted by Gasteiger charge is -2.07. The van der Waals surface area contributed by atoms with Gasteiger partial charge in [-0.2, -0.15) is 5.10 Å². The van der Waals surface area contributed by atoms with E-state index < -0.39 is 11.5 Å². The van der Waals surface area contributed by atoms with E-state index in [1.807, 2.05) is 32.0 Å². The monoisotopic (exact) mass is 374 g/mol. The van der Waals surface area contributed by atoms with Crippen molar-refractivity contribution in [3.05, 3.63) is 87.9 Å². The van der Waals surface area contributed by atoms with Crippen LogP contribution in [0, 0.1) is 13.8 Å². The first-order chi connectivity index (χ1) is 13.5. The Labute approximate surface area is 160 Å². The molecule has 4 aromatic rings. The van der Waals surface area contributed by atoms with Crippen LogP contribution in [0.3, 0.4) is 0 Å². The first kappa shape index (κ1) is 17.6. The molecule has 0 saturated heterocycles. The summed E-state index contributed by atoms with van der Waals surface area (Å²) >= 11 is 0. The van der Waals surface area contributed by atoms with Crippen LogP contribution in [0.15, 0.2) is 59.8 Å². The Morgan fingerprint density at radius 2 is 1.96 bits per heavy atom. The summed E-state index contributed by atoms with van der Waals surface area (Å²) in [6, 6.07) is 10.9. The molecule has 0 spiro atoms. The summed E-state index contributed by atoms with van der Waals surface area (Å²) in [5, 5.41) is 7.14. The summed E-state index contributed by atoms with van der Waals surface area (Å²) < 4.78 is 3.11. The second-order valence-electron chi connectivity index (χ2n) is 6.45. The molecule has 0 aliphatic rings. The van der Waals surface area contributed by atoms with Crippen LogP contribution in [0.5, 0.6) is 0 Å². The predicted molar refractivity (Wildman–Crippen MR) is 103 cm³/mol. The third-order valence-electron chi connectivity index (χ3n) is 4.35. The number of nitrogens with zero attached hydrogens (tertiary/aromatic N) is 5. The number of fused-ring (bicyclic) bond motifs is 1. The molecule has 0 aromatic carbocycles. The number of pyridine rings is 2. The highest BCUT2D eigenvalue weighted by molar-refractivity contribution is 5.93. The van der Waals surface area contributed by atoms with E-state index in [9.17, 15) is 9.59 Å². The van der Waals surface area contributed by atoms with Crippen LogP contribution in [0.4, 0.5) is 0 Å². The molecule has 4 rings (SSSR count). The molecule has 8 heteroatoms. The number of nitrogens with one attached hydrogen (secondary N) is 1. The number of aryl methyl sites for hydroxylation is 2. The maximum atomic E-state index is 12.5. The van der Waals surface area contributed by atoms with Gasteiger partial charge in [0.05, 0.1) is 5.69 Å². The fraction of sp³-hybridized carbons (Fsp3) is 0.150. The lowest BCUT2D eigenvalue weighted by molar-refractivity contribution is 0.0949. The van der Waals surface area contributed by atoms with Gasteiger partial charge in [0.25, 0.3) is 11.5 Å². The fourth-order valence-electron chi connectivity index (χ4n) is 2.97. The Balaban J connectivity index is 1.49. The van der Waals surface area contributed by atoms with Crippen LogP contribution in [0.1, 0.15) is 27.3 Å². The SMILES string of the molecule is Cc1cc(C)n(-c2ccc(CNC(=O)c3cnc4ccccn4c3=O)cn2)n1. The van der Waals surface area contributed by atoms with Crippen molar-refractivity contribution in [3.63, 3.8) is 0 Å². The van der Waals surface area contributed by atoms with Crippen molar-refractivity contribution in [2.75, 3.05) is 0 Å². The second-order valence-corrected chi connectivity index (χ2v) is 6.45. The molecule has 0 bridgehead atoms. The minimum atomic E-state index is -0.474. The Morgan fingerprint density at radius 1 is 1.11 bits per heavy atom. The predicted octanol–water partition coefficient (Wildman–Crippen LogP) is 1.82. The number of carbonyl (C=O) groups excluding carboxylic acids is 1. The molecule has 0 fully saturated rings. The number of rotatable bonds is 4. The summed E-state index contributed by atoms with van der Waals surface area (Å²) in [5.41, 5.74) is 2.82. The molecule has 0 saturated carbocycles. The molecular formula is C20H18N6O2. The van der Waals surface area contributed by atoms with Crippen LogP contribution in [-0.4, -0.2) is 30.1 Å². The molecular weight excluding hydrogens is 356 g/mol. The third kappa shape index (κ3) is 3.27. The maximum Gasteiger partial charge on any atom is 0.270 e. The van der Waals surface area contributed by atoms with Gasteiger partial charge < -0.3 is 5.32 Å². The first-order valence-electron chi connectivity index (χ1n) is 8.76. The molecule has 1 N–H and O–H groups in total. The minimum Gasteiger partial charge on any atom is -0.348 e. The van der Waals surface area contributed by atoms with Crippen molar-refractivity contribution in [1.29, 1.82) is 0 Å². The molecule has 0 unspecified atom stereocenters. The van der Waals surface area contributed by atoms with Crippen molar-refractivity contribution in [2.24, 2.45) is 0 Å². The molecule has 0 atom stereocenters. The summed E-state index contributed by atoms with van der Waals surface area (Å²) in [6.07, 6.45) is 4.57. The van der Waals surface area contributed by atoms with E-state index in [1.165, 1.54) is 10.6 Å². The van der Waals surface area contributed by atoms with Gasteiger partial charge in [-0.1, -0.05) is 12.1 Å². The lowest BCUT2D eigenvalue weighted by Crippen LogP contribution is -2.31. The van der Waals surface area contributed by atoms with Crippen LogP contribution < -0.4 is 10.9 Å². The molecule has 4 aromatic heterocycles. The molecule has 4 heterocycles. The normalized spacial score (nSPS) is 10.9. The van der Waals surface area contributed by atoms with Crippen LogP contribution in [0.2, 0.25) is 0 Å². The Kier molecular flexibility index (Phi) is 4.44. The molecule has 1 amide bonds. The zero-order valence-corrected chi connectivity index (χ0v) is 15.5. The van der Waals surface area contributed by atoms with Gasteiger partial charge >= 0.3 is 0 Å². The van der Waals surface area contributed by atoms with Gasteiger partial charge in [-0.3, -0.25) is 14.0 Å². The summed E-state index contributed by atoms with van der Waals surface area (Å²) in [7, 11) is 0. The summed E-state index contributed by atoms with van der Waals surface area (Å²) in [6.45, 7) is 4.14. The number of hydrogen-bond acceptors (Lipinski definition) is 5. The molecule has 8 nitrogen and oxygen atoms in total. The van der Waals surface area contributed by atoms with Crippen molar-refractivity contribution < 1.29 is 4.79 Å². The zero-order chi connectivity index (χ0) is 19.7. The van der Waals surface area contributed by atoms with Gasteiger partial charge in [0.1, 0.15) is 11.2 Å². The number of hydrogen-bond donors (Lipinski definition) is 1. The van der Waals surface area contributed by atoms with Crippen LogP contribution >= 0.6 is 0 Å². The molecule has 140 valence electrons. The number of amides is 1. The standard InChI is InChI=1S/C20H18N6O2/c1-13-9-14(2)26(24-13)18-7-6-15(10-21-18)11-23-19(27)16-12-22-17-5-3-4-8-25(17)20(16)28/h3-10,12H,11H2,1-2H3,(H,23,27). The van der Waals surface area contributed by atoms with Gasteiger partial charge in [-0.15, -0.1) is 0 Å². The van der Waals surface area contributed by atoms with E-state index in [4.69, 9.17) is 0 Å². The Bertz CT molecular complexity index is 1220. The fourth-order valence-corrected chi connectivity index (χ4v) is 2.97. The summed E-state index contributed by atoms with van der Waals surface area (Å²) in [4.78, 5) is 33.4. The molecule has 0 aliphatic heterocycles. The third-order valence-corrected chi connectivity index (χ3v) is 4.35. The molecule has 28 heavy (non-hydrogen) atoms. The van der Waals surface area contributed by atoms with E-state index in [0.29, 0.717) is 11.5 Å². The van der Waals surface area contributed by atoms with E-state index in [1.54, 1.807) is 35.3 Å². The van der Waals surface area contributed by atoms with Crippen molar-refractivity contribution in [1.82, 2.24) is 29.5 Å². The number of aromatic nitrogens is 5. The minimum absolute atomic E-state index is 0.00378. The Hall–Kier alpha value is -3.81. The largest absolute Gasteiger partial charge is 0.348 e. The van der Waals surface area contributed by atoms with Gasteiger partial charge in [-0.25, -0.2) is 14.6 Å². The lowest BCUT2D eigenvalue weighted by atomic mass is 10.2. The molecule has 0 aliphatic carbocycles. The van der Waals surface area contributed by atoms with E-state index in [0.717, 1.165) is 17.0 Å². The topological polar surface area (TPSA) is 94.2 Å². The second kappa shape index (κ2) is 7.07. The van der Waals surface area contributed by atoms with Gasteiger partial charge in [0.2, 0.25) is 0 Å². The van der Waals surface area contributed by atoms with Gasteiger partial charge in [-0.05, 0) is 43.7 Å².